The van der Waals surface area contributed by atoms with Crippen molar-refractivity contribution >= 4 is 28.0 Å². The van der Waals surface area contributed by atoms with Crippen LogP contribution in [0.2, 0.25) is 0 Å². The molecule has 1 aromatic carbocycles. The number of rotatable bonds is 7. The van der Waals surface area contributed by atoms with Gasteiger partial charge in [0.05, 0.1) is 11.1 Å². The standard InChI is InChI=1S/C24H28F3NO3/c1-5-16-14-23(3,4)28(10-8-6-7-9-15(2)29)20-13-21-18(11-17(16)20)19(24(25,26)27)12-22(30)31-21/h11-14H,5-10H2,1-4H3. The van der Waals surface area contributed by atoms with Crippen LogP contribution in [0.25, 0.3) is 16.5 Å². The molecule has 1 aliphatic heterocycles. The van der Waals surface area contributed by atoms with Crippen molar-refractivity contribution in [1.82, 2.24) is 0 Å². The molecule has 1 aliphatic rings. The third-order valence-corrected chi connectivity index (χ3v) is 5.82. The van der Waals surface area contributed by atoms with Gasteiger partial charge in [0.25, 0.3) is 0 Å². The second kappa shape index (κ2) is 8.52. The van der Waals surface area contributed by atoms with Crippen LogP contribution in [0.4, 0.5) is 18.9 Å². The Labute approximate surface area is 179 Å². The Bertz CT molecular complexity index is 1080. The number of anilines is 1. The molecule has 2 heterocycles. The van der Waals surface area contributed by atoms with Crippen LogP contribution in [0.5, 0.6) is 0 Å². The van der Waals surface area contributed by atoms with Crippen LogP contribution in [0.1, 0.15) is 70.9 Å². The van der Waals surface area contributed by atoms with E-state index < -0.39 is 17.4 Å². The van der Waals surface area contributed by atoms with Gasteiger partial charge in [-0.1, -0.05) is 19.4 Å². The van der Waals surface area contributed by atoms with Gasteiger partial charge in [-0.05, 0) is 51.7 Å². The van der Waals surface area contributed by atoms with Crippen molar-refractivity contribution < 1.29 is 22.4 Å². The zero-order valence-electron chi connectivity index (χ0n) is 18.4. The number of carbonyl (C=O) groups is 1. The number of carbonyl (C=O) groups excluding carboxylic acids is 1. The number of benzene rings is 1. The molecule has 7 heteroatoms. The van der Waals surface area contributed by atoms with E-state index in [1.54, 1.807) is 13.0 Å². The van der Waals surface area contributed by atoms with Gasteiger partial charge in [0.15, 0.2) is 0 Å². The molecular formula is C24H28F3NO3. The lowest BCUT2D eigenvalue weighted by Crippen LogP contribution is -2.45. The van der Waals surface area contributed by atoms with Gasteiger partial charge in [-0.25, -0.2) is 4.79 Å². The summed E-state index contributed by atoms with van der Waals surface area (Å²) in [5, 5.41) is -0.105. The van der Waals surface area contributed by atoms with Gasteiger partial charge in [-0.3, -0.25) is 0 Å². The summed E-state index contributed by atoms with van der Waals surface area (Å²) in [5.74, 6) is 0.168. The Morgan fingerprint density at radius 1 is 1.13 bits per heavy atom. The Morgan fingerprint density at radius 2 is 1.84 bits per heavy atom. The molecule has 0 radical (unpaired) electrons. The van der Waals surface area contributed by atoms with E-state index in [1.165, 1.54) is 6.07 Å². The molecule has 31 heavy (non-hydrogen) atoms. The van der Waals surface area contributed by atoms with E-state index in [1.807, 2.05) is 6.92 Å². The molecule has 0 N–H and O–H groups in total. The average Bonchev–Trinajstić information content (AvgIpc) is 2.65. The first-order valence-electron chi connectivity index (χ1n) is 10.6. The molecule has 4 nitrogen and oxygen atoms in total. The van der Waals surface area contributed by atoms with E-state index in [0.29, 0.717) is 25.5 Å². The van der Waals surface area contributed by atoms with Gasteiger partial charge >= 0.3 is 11.8 Å². The normalized spacial score (nSPS) is 15.7. The molecular weight excluding hydrogens is 407 g/mol. The van der Waals surface area contributed by atoms with Crippen molar-refractivity contribution in [3.8, 4) is 0 Å². The van der Waals surface area contributed by atoms with Crippen LogP contribution >= 0.6 is 0 Å². The fraction of sp³-hybridized carbons (Fsp3) is 0.500. The first-order valence-corrected chi connectivity index (χ1v) is 10.6. The lowest BCUT2D eigenvalue weighted by atomic mass is 9.85. The highest BCUT2D eigenvalue weighted by Gasteiger charge is 2.36. The van der Waals surface area contributed by atoms with E-state index >= 15 is 0 Å². The van der Waals surface area contributed by atoms with Crippen LogP contribution in [-0.4, -0.2) is 17.9 Å². The van der Waals surface area contributed by atoms with E-state index in [0.717, 1.165) is 36.1 Å². The van der Waals surface area contributed by atoms with Crippen molar-refractivity contribution in [3.05, 3.63) is 45.8 Å². The van der Waals surface area contributed by atoms with Crippen LogP contribution in [-0.2, 0) is 11.0 Å². The number of halogens is 3. The molecule has 1 aromatic heterocycles. The maximum absolute atomic E-state index is 13.6. The minimum absolute atomic E-state index is 0.0618. The molecule has 0 spiro atoms. The molecule has 0 unspecified atom stereocenters. The zero-order valence-corrected chi connectivity index (χ0v) is 18.4. The highest BCUT2D eigenvalue weighted by Crippen LogP contribution is 2.44. The zero-order chi connectivity index (χ0) is 23.0. The van der Waals surface area contributed by atoms with Crippen LogP contribution in [0.3, 0.4) is 0 Å². The summed E-state index contributed by atoms with van der Waals surface area (Å²) in [6.45, 7) is 8.36. The largest absolute Gasteiger partial charge is 0.423 e. The van der Waals surface area contributed by atoms with E-state index in [2.05, 4.69) is 24.8 Å². The van der Waals surface area contributed by atoms with Gasteiger partial charge in [-0.15, -0.1) is 0 Å². The van der Waals surface area contributed by atoms with E-state index in [-0.39, 0.29) is 22.3 Å². The summed E-state index contributed by atoms with van der Waals surface area (Å²) in [7, 11) is 0. The first-order chi connectivity index (χ1) is 14.4. The molecule has 0 aliphatic carbocycles. The summed E-state index contributed by atoms with van der Waals surface area (Å²) in [4.78, 5) is 25.1. The number of alkyl halides is 3. The fourth-order valence-corrected chi connectivity index (χ4v) is 4.33. The summed E-state index contributed by atoms with van der Waals surface area (Å²) >= 11 is 0. The van der Waals surface area contributed by atoms with Gasteiger partial charge in [-0.2, -0.15) is 13.2 Å². The van der Waals surface area contributed by atoms with Crippen LogP contribution < -0.4 is 10.5 Å². The molecule has 0 saturated carbocycles. The van der Waals surface area contributed by atoms with Gasteiger partial charge < -0.3 is 14.1 Å². The van der Waals surface area contributed by atoms with E-state index in [9.17, 15) is 22.8 Å². The molecule has 0 saturated heterocycles. The van der Waals surface area contributed by atoms with Crippen molar-refractivity contribution in [2.45, 2.75) is 71.5 Å². The lowest BCUT2D eigenvalue weighted by molar-refractivity contribution is -0.136. The molecule has 2 aromatic rings. The van der Waals surface area contributed by atoms with Crippen molar-refractivity contribution in [1.29, 1.82) is 0 Å². The fourth-order valence-electron chi connectivity index (χ4n) is 4.33. The predicted molar refractivity (Wildman–Crippen MR) is 116 cm³/mol. The second-order valence-electron chi connectivity index (χ2n) is 8.68. The van der Waals surface area contributed by atoms with E-state index in [4.69, 9.17) is 4.42 Å². The summed E-state index contributed by atoms with van der Waals surface area (Å²) in [5.41, 5.74) is 0.0642. The number of ketones is 1. The summed E-state index contributed by atoms with van der Waals surface area (Å²) < 4.78 is 45.9. The molecule has 0 atom stereocenters. The quantitative estimate of drug-likeness (QED) is 0.375. The number of nitrogens with zero attached hydrogens (tertiary/aromatic N) is 1. The predicted octanol–water partition coefficient (Wildman–Crippen LogP) is 6.35. The lowest BCUT2D eigenvalue weighted by Gasteiger charge is -2.44. The number of Topliss-reactive ketones (excluding diaryl/α,β-unsaturated/α-hetero) is 1. The third kappa shape index (κ3) is 4.86. The highest BCUT2D eigenvalue weighted by atomic mass is 19.4. The number of unbranched alkanes of at least 4 members (excludes halogenated alkanes) is 2. The van der Waals surface area contributed by atoms with Crippen LogP contribution in [0, 0.1) is 0 Å². The van der Waals surface area contributed by atoms with Gasteiger partial charge in [0, 0.05) is 41.7 Å². The van der Waals surface area contributed by atoms with Crippen LogP contribution in [0.15, 0.2) is 33.5 Å². The maximum atomic E-state index is 13.6. The maximum Gasteiger partial charge on any atom is 0.417 e. The molecule has 0 amide bonds. The SMILES string of the molecule is CCC1=CC(C)(C)N(CCCCCC(C)=O)c2cc3oc(=O)cc(C(F)(F)F)c3cc21. The molecule has 168 valence electrons. The molecule has 0 fully saturated rings. The monoisotopic (exact) mass is 435 g/mol. The number of fused-ring (bicyclic) bond motifs is 2. The Balaban J connectivity index is 2.08. The average molecular weight is 435 g/mol. The van der Waals surface area contributed by atoms with Crippen molar-refractivity contribution in [2.75, 3.05) is 11.4 Å². The summed E-state index contributed by atoms with van der Waals surface area (Å²) in [6, 6.07) is 3.59. The first kappa shape index (κ1) is 23.1. The number of hydrogen-bond acceptors (Lipinski definition) is 4. The van der Waals surface area contributed by atoms with Crippen molar-refractivity contribution in [3.63, 3.8) is 0 Å². The number of allylic oxidation sites excluding steroid dienone is 1. The Kier molecular flexibility index (Phi) is 6.35. The number of hydrogen-bond donors (Lipinski definition) is 0. The smallest absolute Gasteiger partial charge is 0.417 e. The summed E-state index contributed by atoms with van der Waals surface area (Å²) in [6.07, 6.45) is 1.21. The molecule has 0 bridgehead atoms. The second-order valence-corrected chi connectivity index (χ2v) is 8.68. The minimum atomic E-state index is -4.65. The topological polar surface area (TPSA) is 50.5 Å². The Morgan fingerprint density at radius 3 is 2.45 bits per heavy atom. The highest BCUT2D eigenvalue weighted by molar-refractivity contribution is 5.93. The molecule has 3 rings (SSSR count). The minimum Gasteiger partial charge on any atom is -0.423 e. The van der Waals surface area contributed by atoms with Gasteiger partial charge in [0.2, 0.25) is 0 Å². The van der Waals surface area contributed by atoms with Crippen molar-refractivity contribution in [2.24, 2.45) is 0 Å². The Hall–Kier alpha value is -2.57. The third-order valence-electron chi connectivity index (χ3n) is 5.82. The van der Waals surface area contributed by atoms with Gasteiger partial charge in [0.1, 0.15) is 11.4 Å².